The lowest BCUT2D eigenvalue weighted by Crippen LogP contribution is -2.26. The SMILES string of the molecule is COC(=O)c1sc(NC2CCC(SC)CC2)nc1Cl. The van der Waals surface area contributed by atoms with E-state index in [1.165, 1.54) is 31.3 Å². The fourth-order valence-electron chi connectivity index (χ4n) is 2.20. The molecule has 4 nitrogen and oxygen atoms in total. The number of halogens is 1. The molecular weight excluding hydrogens is 304 g/mol. The third-order valence-corrected chi connectivity index (χ3v) is 5.78. The molecule has 0 amide bonds. The molecule has 1 N–H and O–H groups in total. The van der Waals surface area contributed by atoms with E-state index in [1.54, 1.807) is 0 Å². The lowest BCUT2D eigenvalue weighted by molar-refractivity contribution is 0.0606. The molecule has 0 spiro atoms. The fourth-order valence-corrected chi connectivity index (χ4v) is 4.12. The number of ether oxygens (including phenoxy) is 1. The number of rotatable bonds is 4. The van der Waals surface area contributed by atoms with Crippen LogP contribution in [-0.2, 0) is 4.74 Å². The molecule has 0 bridgehead atoms. The number of aromatic nitrogens is 1. The quantitative estimate of drug-likeness (QED) is 0.858. The summed E-state index contributed by atoms with van der Waals surface area (Å²) in [6.45, 7) is 0. The van der Waals surface area contributed by atoms with Crippen LogP contribution < -0.4 is 5.32 Å². The zero-order valence-corrected chi connectivity index (χ0v) is 13.3. The van der Waals surface area contributed by atoms with Crippen molar-refractivity contribution in [2.24, 2.45) is 0 Å². The minimum atomic E-state index is -0.429. The molecule has 1 aromatic rings. The third kappa shape index (κ3) is 3.77. The van der Waals surface area contributed by atoms with Gasteiger partial charge in [0, 0.05) is 11.3 Å². The number of esters is 1. The predicted molar refractivity (Wildman–Crippen MR) is 81.6 cm³/mol. The second-order valence-electron chi connectivity index (χ2n) is 4.48. The van der Waals surface area contributed by atoms with E-state index >= 15 is 0 Å². The van der Waals surface area contributed by atoms with Crippen molar-refractivity contribution in [2.75, 3.05) is 18.7 Å². The van der Waals surface area contributed by atoms with Crippen molar-refractivity contribution in [2.45, 2.75) is 37.0 Å². The monoisotopic (exact) mass is 320 g/mol. The molecule has 0 radical (unpaired) electrons. The van der Waals surface area contributed by atoms with Crippen molar-refractivity contribution in [3.05, 3.63) is 10.0 Å². The van der Waals surface area contributed by atoms with Crippen LogP contribution >= 0.6 is 34.7 Å². The number of hydrogen-bond acceptors (Lipinski definition) is 6. The zero-order valence-electron chi connectivity index (χ0n) is 10.9. The summed E-state index contributed by atoms with van der Waals surface area (Å²) >= 11 is 9.14. The van der Waals surface area contributed by atoms with Gasteiger partial charge in [-0.05, 0) is 31.9 Å². The lowest BCUT2D eigenvalue weighted by atomic mass is 9.95. The predicted octanol–water partition coefficient (Wildman–Crippen LogP) is 3.67. The van der Waals surface area contributed by atoms with Gasteiger partial charge in [0.15, 0.2) is 15.2 Å². The Morgan fingerprint density at radius 2 is 2.16 bits per heavy atom. The van der Waals surface area contributed by atoms with Crippen molar-refractivity contribution < 1.29 is 9.53 Å². The van der Waals surface area contributed by atoms with Crippen molar-refractivity contribution in [1.82, 2.24) is 4.98 Å². The van der Waals surface area contributed by atoms with E-state index in [2.05, 4.69) is 21.3 Å². The summed E-state index contributed by atoms with van der Waals surface area (Å²) in [6.07, 6.45) is 6.89. The molecule has 1 aromatic heterocycles. The molecule has 0 saturated heterocycles. The van der Waals surface area contributed by atoms with Gasteiger partial charge in [0.2, 0.25) is 0 Å². The van der Waals surface area contributed by atoms with E-state index in [9.17, 15) is 4.79 Å². The van der Waals surface area contributed by atoms with Gasteiger partial charge in [-0.25, -0.2) is 9.78 Å². The van der Waals surface area contributed by atoms with Crippen LogP contribution in [0.2, 0.25) is 5.15 Å². The maximum absolute atomic E-state index is 11.5. The van der Waals surface area contributed by atoms with Gasteiger partial charge in [0.1, 0.15) is 0 Å². The molecule has 0 aromatic carbocycles. The number of thiazole rings is 1. The van der Waals surface area contributed by atoms with Gasteiger partial charge in [-0.1, -0.05) is 22.9 Å². The van der Waals surface area contributed by atoms with Crippen LogP contribution in [0, 0.1) is 0 Å². The molecule has 0 atom stereocenters. The third-order valence-electron chi connectivity index (χ3n) is 3.29. The van der Waals surface area contributed by atoms with Gasteiger partial charge in [-0.3, -0.25) is 0 Å². The van der Waals surface area contributed by atoms with Crippen LogP contribution in [-0.4, -0.2) is 35.6 Å². The summed E-state index contributed by atoms with van der Waals surface area (Å²) in [5.74, 6) is -0.429. The van der Waals surface area contributed by atoms with E-state index in [-0.39, 0.29) is 5.15 Å². The highest BCUT2D eigenvalue weighted by Crippen LogP contribution is 2.32. The first-order valence-electron chi connectivity index (χ1n) is 6.18. The summed E-state index contributed by atoms with van der Waals surface area (Å²) in [4.78, 5) is 16.0. The molecule has 1 aliphatic rings. The Balaban J connectivity index is 1.95. The number of anilines is 1. The molecule has 7 heteroatoms. The van der Waals surface area contributed by atoms with Crippen molar-refractivity contribution in [1.29, 1.82) is 0 Å². The topological polar surface area (TPSA) is 51.2 Å². The minimum absolute atomic E-state index is 0.220. The van der Waals surface area contributed by atoms with Gasteiger partial charge >= 0.3 is 5.97 Å². The van der Waals surface area contributed by atoms with Crippen molar-refractivity contribution >= 4 is 45.8 Å². The molecule has 0 aliphatic heterocycles. The first kappa shape index (κ1) is 14.9. The highest BCUT2D eigenvalue weighted by atomic mass is 35.5. The Hall–Kier alpha value is -0.460. The van der Waals surface area contributed by atoms with Crippen LogP contribution in [0.15, 0.2) is 0 Å². The summed E-state index contributed by atoms with van der Waals surface area (Å²) < 4.78 is 4.67. The van der Waals surface area contributed by atoms with Crippen LogP contribution in [0.4, 0.5) is 5.13 Å². The van der Waals surface area contributed by atoms with Crippen LogP contribution in [0.3, 0.4) is 0 Å². The van der Waals surface area contributed by atoms with Gasteiger partial charge in [0.25, 0.3) is 0 Å². The first-order valence-corrected chi connectivity index (χ1v) is 8.66. The van der Waals surface area contributed by atoms with Gasteiger partial charge < -0.3 is 10.1 Å². The number of nitrogens with one attached hydrogen (secondary N) is 1. The Morgan fingerprint density at radius 3 is 2.74 bits per heavy atom. The molecule has 1 aliphatic carbocycles. The fraction of sp³-hybridized carbons (Fsp3) is 0.667. The second kappa shape index (κ2) is 6.81. The summed E-state index contributed by atoms with van der Waals surface area (Å²) in [7, 11) is 1.34. The van der Waals surface area contributed by atoms with E-state index in [0.29, 0.717) is 16.1 Å². The van der Waals surface area contributed by atoms with E-state index < -0.39 is 5.97 Å². The lowest BCUT2D eigenvalue weighted by Gasteiger charge is -2.27. The molecule has 1 saturated carbocycles. The largest absolute Gasteiger partial charge is 0.465 e. The molecule has 19 heavy (non-hydrogen) atoms. The van der Waals surface area contributed by atoms with Crippen LogP contribution in [0.25, 0.3) is 0 Å². The average Bonchev–Trinajstić information content (AvgIpc) is 2.79. The molecular formula is C12H17ClN2O2S2. The zero-order chi connectivity index (χ0) is 13.8. The van der Waals surface area contributed by atoms with Gasteiger partial charge in [-0.2, -0.15) is 11.8 Å². The Morgan fingerprint density at radius 1 is 1.47 bits per heavy atom. The molecule has 1 heterocycles. The Bertz CT molecular complexity index is 445. The van der Waals surface area contributed by atoms with Gasteiger partial charge in [-0.15, -0.1) is 0 Å². The molecule has 0 unspecified atom stereocenters. The van der Waals surface area contributed by atoms with E-state index in [0.717, 1.165) is 18.1 Å². The standard InChI is InChI=1S/C12H17ClN2O2S2/c1-17-11(16)9-10(13)15-12(19-9)14-7-3-5-8(18-2)6-4-7/h7-8H,3-6H2,1-2H3,(H,14,15). The number of thioether (sulfide) groups is 1. The number of methoxy groups -OCH3 is 1. The van der Waals surface area contributed by atoms with E-state index in [1.807, 2.05) is 11.8 Å². The summed E-state index contributed by atoms with van der Waals surface area (Å²) in [6, 6.07) is 0.427. The average molecular weight is 321 g/mol. The molecule has 1 fully saturated rings. The highest BCUT2D eigenvalue weighted by molar-refractivity contribution is 7.99. The minimum Gasteiger partial charge on any atom is -0.465 e. The van der Waals surface area contributed by atoms with Gasteiger partial charge in [0.05, 0.1) is 7.11 Å². The number of carbonyl (C=O) groups excluding carboxylic acids is 1. The maximum Gasteiger partial charge on any atom is 0.351 e. The smallest absolute Gasteiger partial charge is 0.351 e. The Kier molecular flexibility index (Phi) is 5.36. The van der Waals surface area contributed by atoms with Crippen molar-refractivity contribution in [3.8, 4) is 0 Å². The van der Waals surface area contributed by atoms with Crippen molar-refractivity contribution in [3.63, 3.8) is 0 Å². The number of hydrogen-bond donors (Lipinski definition) is 1. The number of carbonyl (C=O) groups is 1. The summed E-state index contributed by atoms with van der Waals surface area (Å²) in [5, 5.41) is 5.08. The van der Waals surface area contributed by atoms with Crippen LogP contribution in [0.1, 0.15) is 35.4 Å². The normalized spacial score (nSPS) is 23.1. The summed E-state index contributed by atoms with van der Waals surface area (Å²) in [5.41, 5.74) is 0. The highest BCUT2D eigenvalue weighted by Gasteiger charge is 2.23. The first-order chi connectivity index (χ1) is 9.13. The maximum atomic E-state index is 11.5. The Labute approximate surface area is 126 Å². The molecule has 2 rings (SSSR count). The van der Waals surface area contributed by atoms with E-state index in [4.69, 9.17) is 11.6 Å². The number of nitrogens with zero attached hydrogens (tertiary/aromatic N) is 1. The second-order valence-corrected chi connectivity index (χ2v) is 6.98. The van der Waals surface area contributed by atoms with Crippen LogP contribution in [0.5, 0.6) is 0 Å². The molecule has 106 valence electrons.